The maximum absolute atomic E-state index is 5.89. The zero-order chi connectivity index (χ0) is 7.73. The Balaban J connectivity index is 1.98. The first kappa shape index (κ1) is 7.60. The van der Waals surface area contributed by atoms with Crippen molar-refractivity contribution < 1.29 is 4.74 Å². The SMILES string of the molecule is CC1COC2(CCCCC2)C1. The second-order valence-electron chi connectivity index (χ2n) is 4.36. The number of ether oxygens (including phenoxy) is 1. The van der Waals surface area contributed by atoms with E-state index in [-0.39, 0.29) is 0 Å². The van der Waals surface area contributed by atoms with Crippen molar-refractivity contribution in [3.05, 3.63) is 0 Å². The van der Waals surface area contributed by atoms with Crippen molar-refractivity contribution in [3.63, 3.8) is 0 Å². The largest absolute Gasteiger partial charge is 0.375 e. The van der Waals surface area contributed by atoms with Gasteiger partial charge in [-0.3, -0.25) is 0 Å². The molecule has 1 unspecified atom stereocenters. The minimum atomic E-state index is 0.345. The lowest BCUT2D eigenvalue weighted by molar-refractivity contribution is -0.0247. The molecule has 1 saturated carbocycles. The van der Waals surface area contributed by atoms with Gasteiger partial charge in [0, 0.05) is 6.61 Å². The summed E-state index contributed by atoms with van der Waals surface area (Å²) in [5.41, 5.74) is 0.345. The number of rotatable bonds is 0. The summed E-state index contributed by atoms with van der Waals surface area (Å²) in [6.45, 7) is 3.32. The van der Waals surface area contributed by atoms with Crippen LogP contribution < -0.4 is 0 Å². The van der Waals surface area contributed by atoms with E-state index in [1.54, 1.807) is 0 Å². The van der Waals surface area contributed by atoms with Gasteiger partial charge in [-0.15, -0.1) is 0 Å². The molecule has 1 aliphatic carbocycles. The van der Waals surface area contributed by atoms with Gasteiger partial charge in [0.15, 0.2) is 0 Å². The summed E-state index contributed by atoms with van der Waals surface area (Å²) in [7, 11) is 0. The van der Waals surface area contributed by atoms with E-state index in [4.69, 9.17) is 4.74 Å². The molecular weight excluding hydrogens is 136 g/mol. The summed E-state index contributed by atoms with van der Waals surface area (Å²) in [6.07, 6.45) is 8.21. The highest BCUT2D eigenvalue weighted by atomic mass is 16.5. The van der Waals surface area contributed by atoms with Gasteiger partial charge in [0.25, 0.3) is 0 Å². The van der Waals surface area contributed by atoms with E-state index >= 15 is 0 Å². The average molecular weight is 154 g/mol. The van der Waals surface area contributed by atoms with Crippen molar-refractivity contribution >= 4 is 0 Å². The third-order valence-corrected chi connectivity index (χ3v) is 3.16. The van der Waals surface area contributed by atoms with Crippen molar-refractivity contribution in [1.29, 1.82) is 0 Å². The van der Waals surface area contributed by atoms with Crippen LogP contribution in [0.4, 0.5) is 0 Å². The second kappa shape index (κ2) is 2.78. The molecule has 0 aromatic carbocycles. The lowest BCUT2D eigenvalue weighted by Crippen LogP contribution is -2.30. The third-order valence-electron chi connectivity index (χ3n) is 3.16. The Labute approximate surface area is 69.1 Å². The molecule has 1 nitrogen and oxygen atoms in total. The fourth-order valence-corrected chi connectivity index (χ4v) is 2.62. The summed E-state index contributed by atoms with van der Waals surface area (Å²) < 4.78 is 5.89. The van der Waals surface area contributed by atoms with E-state index in [0.29, 0.717) is 5.60 Å². The minimum absolute atomic E-state index is 0.345. The maximum Gasteiger partial charge on any atom is 0.0686 e. The van der Waals surface area contributed by atoms with E-state index in [1.807, 2.05) is 0 Å². The lowest BCUT2D eigenvalue weighted by atomic mass is 9.81. The average Bonchev–Trinajstić information content (AvgIpc) is 2.34. The third kappa shape index (κ3) is 1.44. The molecule has 1 spiro atoms. The van der Waals surface area contributed by atoms with Crippen LogP contribution in [0, 0.1) is 5.92 Å². The van der Waals surface area contributed by atoms with Gasteiger partial charge in [0.1, 0.15) is 0 Å². The fraction of sp³-hybridized carbons (Fsp3) is 1.00. The topological polar surface area (TPSA) is 9.23 Å². The van der Waals surface area contributed by atoms with Crippen LogP contribution in [-0.4, -0.2) is 12.2 Å². The molecule has 11 heavy (non-hydrogen) atoms. The smallest absolute Gasteiger partial charge is 0.0686 e. The predicted molar refractivity (Wildman–Crippen MR) is 45.5 cm³/mol. The van der Waals surface area contributed by atoms with Crippen LogP contribution in [0.5, 0.6) is 0 Å². The molecule has 1 saturated heterocycles. The Bertz CT molecular complexity index is 130. The fourth-order valence-electron chi connectivity index (χ4n) is 2.62. The highest BCUT2D eigenvalue weighted by Crippen LogP contribution is 2.41. The van der Waals surface area contributed by atoms with Crippen LogP contribution in [0.15, 0.2) is 0 Å². The zero-order valence-corrected chi connectivity index (χ0v) is 7.44. The van der Waals surface area contributed by atoms with Crippen molar-refractivity contribution in [2.24, 2.45) is 5.92 Å². The van der Waals surface area contributed by atoms with Gasteiger partial charge in [0.2, 0.25) is 0 Å². The highest BCUT2D eigenvalue weighted by Gasteiger charge is 2.39. The molecule has 64 valence electrons. The van der Waals surface area contributed by atoms with Gasteiger partial charge in [-0.25, -0.2) is 0 Å². The molecular formula is C10H18O. The molecule has 1 aliphatic heterocycles. The predicted octanol–water partition coefficient (Wildman–Crippen LogP) is 2.75. The Kier molecular flexibility index (Phi) is 1.92. The lowest BCUT2D eigenvalue weighted by Gasteiger charge is -2.32. The van der Waals surface area contributed by atoms with Crippen LogP contribution in [0.3, 0.4) is 0 Å². The first-order chi connectivity index (χ1) is 5.31. The first-order valence-electron chi connectivity index (χ1n) is 4.95. The van der Waals surface area contributed by atoms with Gasteiger partial charge in [-0.1, -0.05) is 26.2 Å². The van der Waals surface area contributed by atoms with Crippen molar-refractivity contribution in [3.8, 4) is 0 Å². The zero-order valence-electron chi connectivity index (χ0n) is 7.44. The normalized spacial score (nSPS) is 36.3. The second-order valence-corrected chi connectivity index (χ2v) is 4.36. The molecule has 0 amide bonds. The molecule has 2 aliphatic rings. The van der Waals surface area contributed by atoms with Crippen LogP contribution >= 0.6 is 0 Å². The van der Waals surface area contributed by atoms with Gasteiger partial charge < -0.3 is 4.74 Å². The number of hydrogen-bond donors (Lipinski definition) is 0. The molecule has 2 rings (SSSR count). The Morgan fingerprint density at radius 1 is 1.18 bits per heavy atom. The van der Waals surface area contributed by atoms with Crippen molar-refractivity contribution in [2.45, 2.75) is 51.0 Å². The summed E-state index contributed by atoms with van der Waals surface area (Å²) in [6, 6.07) is 0. The molecule has 0 N–H and O–H groups in total. The van der Waals surface area contributed by atoms with Crippen LogP contribution in [0.25, 0.3) is 0 Å². The van der Waals surface area contributed by atoms with E-state index in [2.05, 4.69) is 6.92 Å². The van der Waals surface area contributed by atoms with E-state index in [0.717, 1.165) is 12.5 Å². The van der Waals surface area contributed by atoms with E-state index in [9.17, 15) is 0 Å². The van der Waals surface area contributed by atoms with Crippen LogP contribution in [0.1, 0.15) is 45.4 Å². The summed E-state index contributed by atoms with van der Waals surface area (Å²) in [4.78, 5) is 0. The molecule has 1 heteroatoms. The van der Waals surface area contributed by atoms with Gasteiger partial charge in [-0.2, -0.15) is 0 Å². The van der Waals surface area contributed by atoms with Gasteiger partial charge >= 0.3 is 0 Å². The molecule has 0 aromatic heterocycles. The van der Waals surface area contributed by atoms with Gasteiger partial charge in [-0.05, 0) is 25.2 Å². The molecule has 0 aromatic rings. The number of hydrogen-bond acceptors (Lipinski definition) is 1. The highest BCUT2D eigenvalue weighted by molar-refractivity contribution is 4.89. The van der Waals surface area contributed by atoms with E-state index < -0.39 is 0 Å². The summed E-state index contributed by atoms with van der Waals surface area (Å²) >= 11 is 0. The standard InChI is InChI=1S/C10H18O/c1-9-7-10(11-8-9)5-3-2-4-6-10/h9H,2-8H2,1H3. The van der Waals surface area contributed by atoms with Crippen LogP contribution in [0.2, 0.25) is 0 Å². The first-order valence-corrected chi connectivity index (χ1v) is 4.95. The quantitative estimate of drug-likeness (QED) is 0.521. The molecule has 1 heterocycles. The molecule has 2 fully saturated rings. The Morgan fingerprint density at radius 2 is 1.91 bits per heavy atom. The Morgan fingerprint density at radius 3 is 2.45 bits per heavy atom. The van der Waals surface area contributed by atoms with E-state index in [1.165, 1.54) is 38.5 Å². The van der Waals surface area contributed by atoms with Gasteiger partial charge in [0.05, 0.1) is 5.60 Å². The molecule has 1 atom stereocenters. The molecule has 0 radical (unpaired) electrons. The summed E-state index contributed by atoms with van der Waals surface area (Å²) in [5.74, 6) is 0.813. The Hall–Kier alpha value is -0.0400. The van der Waals surface area contributed by atoms with Crippen molar-refractivity contribution in [1.82, 2.24) is 0 Å². The summed E-state index contributed by atoms with van der Waals surface area (Å²) in [5, 5.41) is 0. The van der Waals surface area contributed by atoms with Crippen molar-refractivity contribution in [2.75, 3.05) is 6.61 Å². The minimum Gasteiger partial charge on any atom is -0.375 e. The monoisotopic (exact) mass is 154 g/mol. The van der Waals surface area contributed by atoms with Crippen LogP contribution in [-0.2, 0) is 4.74 Å². The molecule has 0 bridgehead atoms. The maximum atomic E-state index is 5.89.